The maximum absolute atomic E-state index is 13.3. The van der Waals surface area contributed by atoms with Gasteiger partial charge in [-0.2, -0.15) is 0 Å². The van der Waals surface area contributed by atoms with Crippen LogP contribution in [0.15, 0.2) is 24.3 Å². The molecule has 0 aliphatic carbocycles. The number of benzene rings is 1. The Morgan fingerprint density at radius 2 is 1.83 bits per heavy atom. The molecule has 0 saturated carbocycles. The second kappa shape index (κ2) is 6.83. The summed E-state index contributed by atoms with van der Waals surface area (Å²) in [5, 5.41) is 3.46. The van der Waals surface area contributed by atoms with Gasteiger partial charge in [0.25, 0.3) is 5.91 Å². The normalized spacial score (nSPS) is 31.4. The van der Waals surface area contributed by atoms with Crippen LogP contribution in [0, 0.1) is 11.8 Å². The van der Waals surface area contributed by atoms with Crippen molar-refractivity contribution in [1.82, 2.24) is 15.1 Å². The van der Waals surface area contributed by atoms with Crippen LogP contribution in [-0.4, -0.2) is 65.9 Å². The largest absolute Gasteiger partial charge is 0.341 e. The van der Waals surface area contributed by atoms with Crippen LogP contribution in [0.2, 0.25) is 0 Å². The van der Waals surface area contributed by atoms with Gasteiger partial charge in [-0.05, 0) is 63.2 Å². The molecule has 3 saturated heterocycles. The van der Waals surface area contributed by atoms with Crippen LogP contribution in [0.25, 0.3) is 0 Å². The SMILES string of the molecule is CC12CCC(=O)N1c1ccccc1C(=O)N2CC(=O)N1CC[C@@H]2CNC[C@@H]2CC1. The Balaban J connectivity index is 1.39. The maximum Gasteiger partial charge on any atom is 0.258 e. The number of nitrogens with zero attached hydrogens (tertiary/aromatic N) is 3. The van der Waals surface area contributed by atoms with Crippen LogP contribution >= 0.6 is 0 Å². The number of anilines is 1. The Morgan fingerprint density at radius 1 is 1.14 bits per heavy atom. The first-order valence-electron chi connectivity index (χ1n) is 10.7. The summed E-state index contributed by atoms with van der Waals surface area (Å²) < 4.78 is 0. The summed E-state index contributed by atoms with van der Waals surface area (Å²) in [6, 6.07) is 7.24. The first-order chi connectivity index (χ1) is 14.0. The topological polar surface area (TPSA) is 73.0 Å². The van der Waals surface area contributed by atoms with Crippen molar-refractivity contribution in [2.75, 3.05) is 37.6 Å². The smallest absolute Gasteiger partial charge is 0.258 e. The molecule has 7 heteroatoms. The lowest BCUT2D eigenvalue weighted by Gasteiger charge is -2.48. The lowest BCUT2D eigenvalue weighted by atomic mass is 9.92. The Morgan fingerprint density at radius 3 is 2.55 bits per heavy atom. The van der Waals surface area contributed by atoms with E-state index < -0.39 is 5.66 Å². The molecule has 3 atom stereocenters. The van der Waals surface area contributed by atoms with E-state index in [0.717, 1.165) is 39.0 Å². The minimum Gasteiger partial charge on any atom is -0.341 e. The number of carbonyl (C=O) groups is 3. The van der Waals surface area contributed by atoms with E-state index in [1.54, 1.807) is 15.9 Å². The summed E-state index contributed by atoms with van der Waals surface area (Å²) in [5.74, 6) is 1.15. The molecular weight excluding hydrogens is 368 g/mol. The van der Waals surface area contributed by atoms with Gasteiger partial charge in [0.15, 0.2) is 0 Å². The van der Waals surface area contributed by atoms with Crippen molar-refractivity contribution < 1.29 is 14.4 Å². The Labute approximate surface area is 171 Å². The lowest BCUT2D eigenvalue weighted by molar-refractivity contribution is -0.133. The van der Waals surface area contributed by atoms with E-state index >= 15 is 0 Å². The van der Waals surface area contributed by atoms with Crippen molar-refractivity contribution in [3.8, 4) is 0 Å². The first-order valence-corrected chi connectivity index (χ1v) is 10.7. The summed E-state index contributed by atoms with van der Waals surface area (Å²) >= 11 is 0. The van der Waals surface area contributed by atoms with Crippen molar-refractivity contribution in [1.29, 1.82) is 0 Å². The van der Waals surface area contributed by atoms with Crippen molar-refractivity contribution in [3.63, 3.8) is 0 Å². The van der Waals surface area contributed by atoms with Gasteiger partial charge in [0.2, 0.25) is 11.8 Å². The van der Waals surface area contributed by atoms with Gasteiger partial charge in [-0.3, -0.25) is 19.3 Å². The average Bonchev–Trinajstić information content (AvgIpc) is 3.23. The molecule has 1 N–H and O–H groups in total. The standard InChI is InChI=1S/C22H28N4O3/c1-22-9-6-19(27)26(22)18-5-3-2-4-17(18)21(29)25(22)14-20(28)24-10-7-15-12-23-13-16(15)8-11-24/h2-5,15-16,23H,6-14H2,1H3/t15-,16+,22?. The molecule has 1 aromatic carbocycles. The molecule has 1 aromatic rings. The number of carbonyl (C=O) groups excluding carboxylic acids is 3. The summed E-state index contributed by atoms with van der Waals surface area (Å²) in [6.07, 6.45) is 2.97. The first kappa shape index (κ1) is 18.6. The Kier molecular flexibility index (Phi) is 4.38. The number of hydrogen-bond donors (Lipinski definition) is 1. The molecule has 4 heterocycles. The predicted molar refractivity (Wildman–Crippen MR) is 108 cm³/mol. The molecule has 5 rings (SSSR count). The van der Waals surface area contributed by atoms with Gasteiger partial charge >= 0.3 is 0 Å². The third-order valence-corrected chi connectivity index (χ3v) is 7.41. The molecule has 0 bridgehead atoms. The second-order valence-corrected chi connectivity index (χ2v) is 8.99. The summed E-state index contributed by atoms with van der Waals surface area (Å²) in [6.45, 7) is 5.53. The van der Waals surface area contributed by atoms with Gasteiger partial charge in [0.05, 0.1) is 11.3 Å². The number of para-hydroxylation sites is 1. The maximum atomic E-state index is 13.3. The fraction of sp³-hybridized carbons (Fsp3) is 0.591. The van der Waals surface area contributed by atoms with Crippen molar-refractivity contribution in [3.05, 3.63) is 29.8 Å². The zero-order valence-corrected chi connectivity index (χ0v) is 16.9. The highest BCUT2D eigenvalue weighted by Gasteiger charge is 2.53. The van der Waals surface area contributed by atoms with Gasteiger partial charge in [0, 0.05) is 19.5 Å². The minimum atomic E-state index is -0.773. The number of hydrogen-bond acceptors (Lipinski definition) is 4. The van der Waals surface area contributed by atoms with Crippen LogP contribution in [0.1, 0.15) is 43.0 Å². The van der Waals surface area contributed by atoms with Gasteiger partial charge in [-0.25, -0.2) is 0 Å². The number of nitrogens with one attached hydrogen (secondary N) is 1. The molecular formula is C22H28N4O3. The van der Waals surface area contributed by atoms with Crippen LogP contribution in [0.4, 0.5) is 5.69 Å². The third kappa shape index (κ3) is 2.86. The predicted octanol–water partition coefficient (Wildman–Crippen LogP) is 1.44. The minimum absolute atomic E-state index is 0.00816. The van der Waals surface area contributed by atoms with Gasteiger partial charge < -0.3 is 15.1 Å². The number of fused-ring (bicyclic) bond motifs is 4. The summed E-state index contributed by atoms with van der Waals surface area (Å²) in [4.78, 5) is 44.5. The zero-order valence-electron chi connectivity index (χ0n) is 16.9. The van der Waals surface area contributed by atoms with Crippen LogP contribution in [-0.2, 0) is 9.59 Å². The highest BCUT2D eigenvalue weighted by atomic mass is 16.2. The van der Waals surface area contributed by atoms with E-state index in [1.807, 2.05) is 30.0 Å². The van der Waals surface area contributed by atoms with Crippen molar-refractivity contribution in [2.24, 2.45) is 11.8 Å². The van der Waals surface area contributed by atoms with Crippen LogP contribution in [0.3, 0.4) is 0 Å². The molecule has 3 amide bonds. The molecule has 0 spiro atoms. The van der Waals surface area contributed by atoms with Crippen LogP contribution in [0.5, 0.6) is 0 Å². The lowest BCUT2D eigenvalue weighted by Crippen LogP contribution is -2.64. The van der Waals surface area contributed by atoms with E-state index in [1.165, 1.54) is 0 Å². The fourth-order valence-electron chi connectivity index (χ4n) is 5.64. The van der Waals surface area contributed by atoms with E-state index in [0.29, 0.717) is 35.9 Å². The molecule has 0 radical (unpaired) electrons. The quantitative estimate of drug-likeness (QED) is 0.821. The molecule has 1 unspecified atom stereocenters. The summed E-state index contributed by atoms with van der Waals surface area (Å²) in [5.41, 5.74) is 0.399. The van der Waals surface area contributed by atoms with Gasteiger partial charge in [0.1, 0.15) is 12.2 Å². The number of amides is 3. The van der Waals surface area contributed by atoms with Crippen molar-refractivity contribution in [2.45, 2.75) is 38.3 Å². The van der Waals surface area contributed by atoms with Crippen LogP contribution < -0.4 is 10.2 Å². The second-order valence-electron chi connectivity index (χ2n) is 8.99. The molecule has 29 heavy (non-hydrogen) atoms. The molecule has 4 aliphatic heterocycles. The molecule has 154 valence electrons. The average molecular weight is 396 g/mol. The number of likely N-dealkylation sites (tertiary alicyclic amines) is 1. The zero-order chi connectivity index (χ0) is 20.2. The van der Waals surface area contributed by atoms with Gasteiger partial charge in [-0.15, -0.1) is 0 Å². The third-order valence-electron chi connectivity index (χ3n) is 7.41. The van der Waals surface area contributed by atoms with E-state index in [2.05, 4.69) is 5.32 Å². The monoisotopic (exact) mass is 396 g/mol. The highest BCUT2D eigenvalue weighted by molar-refractivity contribution is 6.11. The van der Waals surface area contributed by atoms with E-state index in [-0.39, 0.29) is 24.3 Å². The molecule has 4 aliphatic rings. The van der Waals surface area contributed by atoms with Gasteiger partial charge in [-0.1, -0.05) is 12.1 Å². The summed E-state index contributed by atoms with van der Waals surface area (Å²) in [7, 11) is 0. The molecule has 3 fully saturated rings. The van der Waals surface area contributed by atoms with E-state index in [9.17, 15) is 14.4 Å². The fourth-order valence-corrected chi connectivity index (χ4v) is 5.64. The Hall–Kier alpha value is -2.41. The van der Waals surface area contributed by atoms with Crippen molar-refractivity contribution >= 4 is 23.4 Å². The molecule has 7 nitrogen and oxygen atoms in total. The Bertz CT molecular complexity index is 857. The molecule has 0 aromatic heterocycles. The van der Waals surface area contributed by atoms with E-state index in [4.69, 9.17) is 0 Å². The highest BCUT2D eigenvalue weighted by Crippen LogP contribution is 2.44. The number of rotatable bonds is 2.